The first-order chi connectivity index (χ1) is 4.34. The monoisotopic (exact) mass is 145 g/mol. The molecule has 0 aromatic carbocycles. The molecule has 50 valence electrons. The Morgan fingerprint density at radius 1 is 1.67 bits per heavy atom. The third-order valence-corrected chi connectivity index (χ3v) is 1.88. The third-order valence-electron chi connectivity index (χ3n) is 1.45. The smallest absolute Gasteiger partial charge is 0.0728 e. The molecular weight excluding hydrogens is 138 g/mol. The van der Waals surface area contributed by atoms with Gasteiger partial charge >= 0.3 is 0 Å². The second-order valence-corrected chi connectivity index (χ2v) is 2.68. The highest BCUT2D eigenvalue weighted by atomic mass is 35.5. The number of ether oxygens (including phenoxy) is 1. The van der Waals surface area contributed by atoms with Gasteiger partial charge in [0.2, 0.25) is 0 Å². The first kappa shape index (κ1) is 6.85. The zero-order valence-electron chi connectivity index (χ0n) is 5.01. The highest BCUT2D eigenvalue weighted by molar-refractivity contribution is 6.21. The van der Waals surface area contributed by atoms with E-state index in [0.29, 0.717) is 13.2 Å². The normalized spacial score (nSPS) is 35.6. The van der Waals surface area contributed by atoms with Gasteiger partial charge in [-0.2, -0.15) is 5.26 Å². The summed E-state index contributed by atoms with van der Waals surface area (Å²) in [4.78, 5) is 0. The van der Waals surface area contributed by atoms with Gasteiger partial charge < -0.3 is 4.74 Å². The maximum atomic E-state index is 8.47. The van der Waals surface area contributed by atoms with E-state index >= 15 is 0 Å². The second-order valence-electron chi connectivity index (χ2n) is 2.12. The molecule has 2 unspecified atom stereocenters. The minimum atomic E-state index is -0.0938. The predicted octanol–water partition coefficient (Wildman–Crippen LogP) is 1.15. The molecule has 1 aliphatic rings. The molecule has 1 saturated heterocycles. The van der Waals surface area contributed by atoms with Gasteiger partial charge in [0.1, 0.15) is 0 Å². The lowest BCUT2D eigenvalue weighted by atomic mass is 10.0. The van der Waals surface area contributed by atoms with E-state index in [4.69, 9.17) is 21.6 Å². The molecule has 9 heavy (non-hydrogen) atoms. The Hall–Kier alpha value is -0.260. The molecule has 0 bridgehead atoms. The average molecular weight is 146 g/mol. The lowest BCUT2D eigenvalue weighted by Gasteiger charge is -2.20. The van der Waals surface area contributed by atoms with Crippen molar-refractivity contribution in [3.05, 3.63) is 0 Å². The zero-order chi connectivity index (χ0) is 6.69. The van der Waals surface area contributed by atoms with Gasteiger partial charge in [0, 0.05) is 6.61 Å². The van der Waals surface area contributed by atoms with Crippen molar-refractivity contribution in [3.63, 3.8) is 0 Å². The zero-order valence-corrected chi connectivity index (χ0v) is 5.77. The summed E-state index contributed by atoms with van der Waals surface area (Å²) in [5.41, 5.74) is 0. The molecule has 0 radical (unpaired) electrons. The van der Waals surface area contributed by atoms with Crippen molar-refractivity contribution in [3.8, 4) is 6.07 Å². The van der Waals surface area contributed by atoms with Gasteiger partial charge in [-0.3, -0.25) is 0 Å². The molecule has 1 rings (SSSR count). The van der Waals surface area contributed by atoms with Gasteiger partial charge in [-0.25, -0.2) is 0 Å². The molecule has 2 nitrogen and oxygen atoms in total. The molecule has 1 fully saturated rings. The van der Waals surface area contributed by atoms with E-state index in [9.17, 15) is 0 Å². The fourth-order valence-electron chi connectivity index (χ4n) is 0.849. The molecule has 0 saturated carbocycles. The van der Waals surface area contributed by atoms with Crippen LogP contribution in [0.15, 0.2) is 0 Å². The number of hydrogen-bond acceptors (Lipinski definition) is 2. The fraction of sp³-hybridized carbons (Fsp3) is 0.833. The van der Waals surface area contributed by atoms with Crippen LogP contribution in [0.25, 0.3) is 0 Å². The maximum absolute atomic E-state index is 8.47. The minimum Gasteiger partial charge on any atom is -0.380 e. The van der Waals surface area contributed by atoms with E-state index in [1.807, 2.05) is 0 Å². The topological polar surface area (TPSA) is 33.0 Å². The molecule has 0 amide bonds. The largest absolute Gasteiger partial charge is 0.380 e. The van der Waals surface area contributed by atoms with Gasteiger partial charge in [0.05, 0.1) is 24.0 Å². The Morgan fingerprint density at radius 2 is 2.44 bits per heavy atom. The fourth-order valence-corrected chi connectivity index (χ4v) is 1.12. The van der Waals surface area contributed by atoms with Gasteiger partial charge in [0.15, 0.2) is 0 Å². The van der Waals surface area contributed by atoms with Crippen molar-refractivity contribution >= 4 is 11.6 Å². The van der Waals surface area contributed by atoms with E-state index in [-0.39, 0.29) is 11.3 Å². The standard InChI is InChI=1S/C6H8ClNO/c7-6-4-9-2-1-5(6)3-8/h5-6H,1-2,4H2. The van der Waals surface area contributed by atoms with Crippen molar-refractivity contribution in [2.24, 2.45) is 5.92 Å². The van der Waals surface area contributed by atoms with Crippen LogP contribution in [0, 0.1) is 17.2 Å². The van der Waals surface area contributed by atoms with Crippen molar-refractivity contribution in [1.82, 2.24) is 0 Å². The summed E-state index contributed by atoms with van der Waals surface area (Å²) in [6.45, 7) is 1.21. The third kappa shape index (κ3) is 1.57. The Kier molecular flexibility index (Phi) is 2.32. The van der Waals surface area contributed by atoms with Crippen LogP contribution in [0.1, 0.15) is 6.42 Å². The van der Waals surface area contributed by atoms with Crippen LogP contribution < -0.4 is 0 Å². The van der Waals surface area contributed by atoms with E-state index in [1.165, 1.54) is 0 Å². The molecule has 0 aliphatic carbocycles. The highest BCUT2D eigenvalue weighted by Gasteiger charge is 2.22. The number of halogens is 1. The molecule has 0 N–H and O–H groups in total. The van der Waals surface area contributed by atoms with Crippen LogP contribution in [-0.4, -0.2) is 18.6 Å². The number of nitrogens with zero attached hydrogens (tertiary/aromatic N) is 1. The van der Waals surface area contributed by atoms with Crippen LogP contribution in [0.5, 0.6) is 0 Å². The van der Waals surface area contributed by atoms with Gasteiger partial charge in [0.25, 0.3) is 0 Å². The van der Waals surface area contributed by atoms with E-state index in [1.54, 1.807) is 0 Å². The summed E-state index contributed by atoms with van der Waals surface area (Å²) < 4.78 is 5.03. The van der Waals surface area contributed by atoms with Gasteiger partial charge in [-0.05, 0) is 6.42 Å². The minimum absolute atomic E-state index is 0.000386. The SMILES string of the molecule is N#CC1CCOCC1Cl. The van der Waals surface area contributed by atoms with E-state index < -0.39 is 0 Å². The quantitative estimate of drug-likeness (QED) is 0.479. The molecule has 2 atom stereocenters. The van der Waals surface area contributed by atoms with Crippen molar-refractivity contribution in [2.45, 2.75) is 11.8 Å². The molecule has 1 heterocycles. The number of rotatable bonds is 0. The first-order valence-electron chi connectivity index (χ1n) is 2.96. The van der Waals surface area contributed by atoms with Gasteiger partial charge in [-0.15, -0.1) is 11.6 Å². The molecule has 0 aromatic heterocycles. The molecule has 1 aliphatic heterocycles. The highest BCUT2D eigenvalue weighted by Crippen LogP contribution is 2.18. The van der Waals surface area contributed by atoms with E-state index in [0.717, 1.165) is 6.42 Å². The van der Waals surface area contributed by atoms with Crippen molar-refractivity contribution in [2.75, 3.05) is 13.2 Å². The average Bonchev–Trinajstić information content (AvgIpc) is 1.89. The molecule has 0 spiro atoms. The maximum Gasteiger partial charge on any atom is 0.0728 e. The summed E-state index contributed by atoms with van der Waals surface area (Å²) in [6.07, 6.45) is 0.782. The van der Waals surface area contributed by atoms with Crippen LogP contribution >= 0.6 is 11.6 Å². The summed E-state index contributed by atoms with van der Waals surface area (Å²) in [7, 11) is 0. The van der Waals surface area contributed by atoms with Crippen molar-refractivity contribution < 1.29 is 4.74 Å². The number of alkyl halides is 1. The first-order valence-corrected chi connectivity index (χ1v) is 3.39. The Balaban J connectivity index is 2.41. The van der Waals surface area contributed by atoms with Crippen LogP contribution in [0.3, 0.4) is 0 Å². The Labute approximate surface area is 59.4 Å². The predicted molar refractivity (Wildman–Crippen MR) is 34.2 cm³/mol. The van der Waals surface area contributed by atoms with Crippen LogP contribution in [-0.2, 0) is 4.74 Å². The number of nitriles is 1. The second kappa shape index (κ2) is 3.05. The summed E-state index contributed by atoms with van der Waals surface area (Å²) >= 11 is 5.74. The van der Waals surface area contributed by atoms with E-state index in [2.05, 4.69) is 6.07 Å². The Bertz CT molecular complexity index is 132. The summed E-state index contributed by atoms with van der Waals surface area (Å²) in [6, 6.07) is 2.14. The summed E-state index contributed by atoms with van der Waals surface area (Å²) in [5, 5.41) is 8.38. The Morgan fingerprint density at radius 3 is 2.89 bits per heavy atom. The lowest BCUT2D eigenvalue weighted by Crippen LogP contribution is -2.26. The van der Waals surface area contributed by atoms with Gasteiger partial charge in [-0.1, -0.05) is 0 Å². The molecule has 0 aromatic rings. The lowest BCUT2D eigenvalue weighted by molar-refractivity contribution is 0.0836. The molecular formula is C6H8ClNO. The summed E-state index contributed by atoms with van der Waals surface area (Å²) in [5.74, 6) is 0.000386. The van der Waals surface area contributed by atoms with Crippen LogP contribution in [0.2, 0.25) is 0 Å². The molecule has 3 heteroatoms. The number of hydrogen-bond donors (Lipinski definition) is 0. The van der Waals surface area contributed by atoms with Crippen molar-refractivity contribution in [1.29, 1.82) is 5.26 Å². The van der Waals surface area contributed by atoms with Crippen LogP contribution in [0.4, 0.5) is 0 Å².